The van der Waals surface area contributed by atoms with Crippen LogP contribution in [0.3, 0.4) is 0 Å². The summed E-state index contributed by atoms with van der Waals surface area (Å²) in [4.78, 5) is 24.4. The number of carbonyl (C=O) groups excluding carboxylic acids is 2. The van der Waals surface area contributed by atoms with Crippen LogP contribution in [-0.4, -0.2) is 28.4 Å². The third-order valence-corrected chi connectivity index (χ3v) is 6.04. The summed E-state index contributed by atoms with van der Waals surface area (Å²) in [6.45, 7) is 1.81. The molecule has 1 aliphatic rings. The lowest BCUT2D eigenvalue weighted by Gasteiger charge is -2.10. The van der Waals surface area contributed by atoms with Crippen LogP contribution < -0.4 is 10.6 Å². The normalized spacial score (nSPS) is 17.7. The number of amides is 2. The maximum absolute atomic E-state index is 12.3. The van der Waals surface area contributed by atoms with Crippen molar-refractivity contribution in [2.75, 3.05) is 5.32 Å². The van der Waals surface area contributed by atoms with Gasteiger partial charge in [0, 0.05) is 27.7 Å². The summed E-state index contributed by atoms with van der Waals surface area (Å²) in [5.41, 5.74) is 2.02. The molecule has 2 N–H and O–H groups in total. The molecule has 2 aromatic carbocycles. The first-order chi connectivity index (χ1) is 13.8. The summed E-state index contributed by atoms with van der Waals surface area (Å²) in [5.74, 6) is -0.591. The van der Waals surface area contributed by atoms with Crippen molar-refractivity contribution in [1.82, 2.24) is 5.32 Å². The van der Waals surface area contributed by atoms with E-state index in [-0.39, 0.29) is 18.2 Å². The number of amidine groups is 1. The Morgan fingerprint density at radius 2 is 2.03 bits per heavy atom. The zero-order valence-corrected chi connectivity index (χ0v) is 18.2. The quantitative estimate of drug-likeness (QED) is 0.482. The van der Waals surface area contributed by atoms with E-state index in [1.54, 1.807) is 36.4 Å². The molecule has 0 spiro atoms. The van der Waals surface area contributed by atoms with Crippen molar-refractivity contribution in [3.05, 3.63) is 62.6 Å². The molecule has 0 radical (unpaired) electrons. The standard InChI is InChI=1S/C19H15Cl3N4O2S/c1-10-13(21)3-2-4-15(10)24-17(27)8-16-18(28)25-19(29-16)26-23-9-11-5-6-12(20)7-14(11)22/h2-7,9,16H,8H2,1H3,(H,24,27)(H,25,26,28)/b23-9-/t16-/m1/s1. The van der Waals surface area contributed by atoms with Crippen molar-refractivity contribution in [1.29, 1.82) is 0 Å². The molecule has 29 heavy (non-hydrogen) atoms. The molecule has 6 nitrogen and oxygen atoms in total. The van der Waals surface area contributed by atoms with Gasteiger partial charge in [-0.2, -0.15) is 5.10 Å². The summed E-state index contributed by atoms with van der Waals surface area (Å²) in [6.07, 6.45) is 1.45. The number of nitrogens with one attached hydrogen (secondary N) is 2. The second kappa shape index (κ2) is 9.63. The summed E-state index contributed by atoms with van der Waals surface area (Å²) in [6, 6.07) is 10.2. The van der Waals surface area contributed by atoms with E-state index < -0.39 is 5.25 Å². The SMILES string of the molecule is Cc1c(Cl)cccc1NC(=O)C[C@H]1S/C(=N\N=C/c2ccc(Cl)cc2Cl)NC1=O. The number of thioether (sulfide) groups is 1. The van der Waals surface area contributed by atoms with E-state index in [0.29, 0.717) is 31.5 Å². The molecule has 1 heterocycles. The number of halogens is 3. The zero-order valence-electron chi connectivity index (χ0n) is 15.1. The molecule has 3 rings (SSSR count). The van der Waals surface area contributed by atoms with Crippen LogP contribution in [0.1, 0.15) is 17.5 Å². The Labute approximate surface area is 186 Å². The largest absolute Gasteiger partial charge is 0.326 e. The summed E-state index contributed by atoms with van der Waals surface area (Å²) < 4.78 is 0. The maximum atomic E-state index is 12.3. The highest BCUT2D eigenvalue weighted by Gasteiger charge is 2.32. The number of carbonyl (C=O) groups is 2. The predicted molar refractivity (Wildman–Crippen MR) is 120 cm³/mol. The topological polar surface area (TPSA) is 82.9 Å². The minimum Gasteiger partial charge on any atom is -0.326 e. The highest BCUT2D eigenvalue weighted by atomic mass is 35.5. The number of benzene rings is 2. The van der Waals surface area contributed by atoms with Gasteiger partial charge in [-0.15, -0.1) is 5.10 Å². The average molecular weight is 470 g/mol. The van der Waals surface area contributed by atoms with Gasteiger partial charge in [-0.25, -0.2) is 0 Å². The molecule has 1 fully saturated rings. The van der Waals surface area contributed by atoms with Crippen LogP contribution in [0.2, 0.25) is 15.1 Å². The summed E-state index contributed by atoms with van der Waals surface area (Å²) in [5, 5.41) is 14.5. The van der Waals surface area contributed by atoms with Gasteiger partial charge in [0.05, 0.1) is 11.2 Å². The molecule has 0 aliphatic carbocycles. The number of hydrogen-bond acceptors (Lipinski definition) is 5. The number of hydrogen-bond donors (Lipinski definition) is 2. The maximum Gasteiger partial charge on any atom is 0.240 e. The number of anilines is 1. The molecule has 0 unspecified atom stereocenters. The van der Waals surface area contributed by atoms with Gasteiger partial charge in [-0.3, -0.25) is 9.59 Å². The van der Waals surface area contributed by atoms with Crippen LogP contribution in [0.25, 0.3) is 0 Å². The lowest BCUT2D eigenvalue weighted by atomic mass is 10.2. The van der Waals surface area contributed by atoms with Crippen LogP contribution >= 0.6 is 46.6 Å². The van der Waals surface area contributed by atoms with Crippen molar-refractivity contribution in [2.24, 2.45) is 10.2 Å². The van der Waals surface area contributed by atoms with Crippen LogP contribution in [0, 0.1) is 6.92 Å². The molecule has 150 valence electrons. The molecule has 1 aliphatic heterocycles. The van der Waals surface area contributed by atoms with Gasteiger partial charge < -0.3 is 10.6 Å². The molecule has 2 aromatic rings. The van der Waals surface area contributed by atoms with Gasteiger partial charge in [0.25, 0.3) is 0 Å². The highest BCUT2D eigenvalue weighted by molar-refractivity contribution is 8.15. The van der Waals surface area contributed by atoms with E-state index in [2.05, 4.69) is 20.8 Å². The Morgan fingerprint density at radius 3 is 2.79 bits per heavy atom. The van der Waals surface area contributed by atoms with Gasteiger partial charge in [0.2, 0.25) is 11.8 Å². The van der Waals surface area contributed by atoms with E-state index in [1.165, 1.54) is 6.21 Å². The van der Waals surface area contributed by atoms with E-state index in [1.807, 2.05) is 6.92 Å². The van der Waals surface area contributed by atoms with E-state index in [4.69, 9.17) is 34.8 Å². The summed E-state index contributed by atoms with van der Waals surface area (Å²) in [7, 11) is 0. The summed E-state index contributed by atoms with van der Waals surface area (Å²) >= 11 is 19.1. The minimum absolute atomic E-state index is 0.00575. The van der Waals surface area contributed by atoms with E-state index >= 15 is 0 Å². The van der Waals surface area contributed by atoms with Gasteiger partial charge >= 0.3 is 0 Å². The fourth-order valence-electron chi connectivity index (χ4n) is 2.45. The van der Waals surface area contributed by atoms with Crippen molar-refractivity contribution >= 4 is 75.4 Å². The molecule has 0 saturated carbocycles. The Balaban J connectivity index is 1.59. The Bertz CT molecular complexity index is 1030. The lowest BCUT2D eigenvalue weighted by Crippen LogP contribution is -2.28. The van der Waals surface area contributed by atoms with Crippen molar-refractivity contribution in [3.63, 3.8) is 0 Å². The predicted octanol–water partition coefficient (Wildman–Crippen LogP) is 4.91. The third-order valence-electron chi connectivity index (χ3n) is 4.00. The van der Waals surface area contributed by atoms with Crippen molar-refractivity contribution < 1.29 is 9.59 Å². The molecule has 10 heteroatoms. The van der Waals surface area contributed by atoms with E-state index in [0.717, 1.165) is 17.3 Å². The first-order valence-corrected chi connectivity index (χ1v) is 10.4. The molecule has 1 saturated heterocycles. The fourth-order valence-corrected chi connectivity index (χ4v) is 4.00. The lowest BCUT2D eigenvalue weighted by molar-refractivity contribution is -0.122. The minimum atomic E-state index is -0.595. The number of nitrogens with zero attached hydrogens (tertiary/aromatic N) is 2. The molecule has 2 amide bonds. The van der Waals surface area contributed by atoms with Gasteiger partial charge in [-0.1, -0.05) is 58.7 Å². The second-order valence-electron chi connectivity index (χ2n) is 6.08. The first-order valence-electron chi connectivity index (χ1n) is 8.42. The molecular formula is C19H15Cl3N4O2S. The smallest absolute Gasteiger partial charge is 0.240 e. The van der Waals surface area contributed by atoms with E-state index in [9.17, 15) is 9.59 Å². The Hall–Kier alpha value is -2.06. The molecule has 1 atom stereocenters. The van der Waals surface area contributed by atoms with Gasteiger partial charge in [0.1, 0.15) is 5.25 Å². The molecular weight excluding hydrogens is 455 g/mol. The van der Waals surface area contributed by atoms with Gasteiger partial charge in [-0.05, 0) is 36.8 Å². The highest BCUT2D eigenvalue weighted by Crippen LogP contribution is 2.26. The fraction of sp³-hybridized carbons (Fsp3) is 0.158. The third kappa shape index (κ3) is 5.73. The zero-order chi connectivity index (χ0) is 21.0. The Morgan fingerprint density at radius 1 is 1.24 bits per heavy atom. The van der Waals surface area contributed by atoms with Gasteiger partial charge in [0.15, 0.2) is 5.17 Å². The number of rotatable bonds is 5. The Kier molecular flexibility index (Phi) is 7.18. The first kappa shape index (κ1) is 21.6. The van der Waals surface area contributed by atoms with Crippen molar-refractivity contribution in [2.45, 2.75) is 18.6 Å². The average Bonchev–Trinajstić information content (AvgIpc) is 3.00. The van der Waals surface area contributed by atoms with Crippen LogP contribution in [-0.2, 0) is 9.59 Å². The van der Waals surface area contributed by atoms with Crippen molar-refractivity contribution in [3.8, 4) is 0 Å². The van der Waals surface area contributed by atoms with Crippen LogP contribution in [0.15, 0.2) is 46.6 Å². The second-order valence-corrected chi connectivity index (χ2v) is 8.52. The molecule has 0 aromatic heterocycles. The molecule has 0 bridgehead atoms. The monoisotopic (exact) mass is 468 g/mol. The van der Waals surface area contributed by atoms with Crippen LogP contribution in [0.4, 0.5) is 5.69 Å². The van der Waals surface area contributed by atoms with Crippen LogP contribution in [0.5, 0.6) is 0 Å².